The number of ether oxygens (including phenoxy) is 1. The number of carbonyl (C=O) groups excluding carboxylic acids is 8. The maximum Gasteiger partial charge on any atom is 0.323 e. The Balaban J connectivity index is 0.913. The van der Waals surface area contributed by atoms with E-state index in [9.17, 15) is 73.2 Å². The van der Waals surface area contributed by atoms with E-state index in [1.165, 1.54) is 4.90 Å². The second-order valence-corrected chi connectivity index (χ2v) is 20.8. The fourth-order valence-electron chi connectivity index (χ4n) is 10.6. The van der Waals surface area contributed by atoms with E-state index in [1.54, 1.807) is 13.0 Å². The fourth-order valence-corrected chi connectivity index (χ4v) is 10.6. The van der Waals surface area contributed by atoms with E-state index in [-0.39, 0.29) is 70.7 Å². The normalized spacial score (nSPS) is 22.3. The number of carboxylic acid groups (broad SMARTS) is 3. The molecule has 6 rings (SSSR count). The zero-order valence-corrected chi connectivity index (χ0v) is 44.3. The molecule has 5 heterocycles. The lowest BCUT2D eigenvalue weighted by Crippen LogP contribution is -2.59. The SMILES string of the molecule is CC[C@H](C)[C@H](NC(=O)CCNC(=O)CN(CC(=O)O)C(=O)CCNC(=O)CN1CCC(CN2CCN(CC(=O)O)CCN(CC(=O)O)CC2)CC1)C(=O)N[C@H]1CCc2cccc3c2N(C1=O)[C@H](C(=O)NC1CC(=O)OC1O)C3. The Hall–Kier alpha value is -6.81. The minimum absolute atomic E-state index is 0.0735. The summed E-state index contributed by atoms with van der Waals surface area (Å²) in [4.78, 5) is 150. The predicted octanol–water partition coefficient (Wildman–Crippen LogP) is -3.62. The van der Waals surface area contributed by atoms with Gasteiger partial charge in [0.2, 0.25) is 47.6 Å². The van der Waals surface area contributed by atoms with E-state index in [4.69, 9.17) is 4.74 Å². The first-order chi connectivity index (χ1) is 37.2. The number of para-hydroxylation sites is 1. The van der Waals surface area contributed by atoms with E-state index in [0.717, 1.165) is 35.4 Å². The summed E-state index contributed by atoms with van der Waals surface area (Å²) in [6, 6.07) is 1.20. The largest absolute Gasteiger partial charge is 0.480 e. The zero-order chi connectivity index (χ0) is 56.6. The summed E-state index contributed by atoms with van der Waals surface area (Å²) in [6.45, 7) is 6.87. The van der Waals surface area contributed by atoms with Gasteiger partial charge in [-0.1, -0.05) is 38.5 Å². The number of hydrogen-bond acceptors (Lipinski definition) is 17. The van der Waals surface area contributed by atoms with Crippen LogP contribution in [0.4, 0.5) is 5.69 Å². The molecule has 0 saturated carbocycles. The molecule has 0 aliphatic carbocycles. The van der Waals surface area contributed by atoms with E-state index < -0.39 is 109 Å². The maximum absolute atomic E-state index is 14.3. The molecule has 5 aliphatic heterocycles. The first kappa shape index (κ1) is 60.4. The van der Waals surface area contributed by atoms with Gasteiger partial charge in [0.15, 0.2) is 0 Å². The van der Waals surface area contributed by atoms with Crippen molar-refractivity contribution in [3.05, 3.63) is 29.3 Å². The summed E-state index contributed by atoms with van der Waals surface area (Å²) in [5, 5.41) is 51.7. The number of carboxylic acids is 3. The molecule has 0 aromatic heterocycles. The summed E-state index contributed by atoms with van der Waals surface area (Å²) in [5.41, 5.74) is 2.10. The molecule has 7 amide bonds. The predicted molar refractivity (Wildman–Crippen MR) is 275 cm³/mol. The van der Waals surface area contributed by atoms with Crippen molar-refractivity contribution < 1.29 is 77.9 Å². The third-order valence-corrected chi connectivity index (χ3v) is 15.0. The van der Waals surface area contributed by atoms with Crippen LogP contribution in [-0.4, -0.2) is 245 Å². The number of anilines is 1. The summed E-state index contributed by atoms with van der Waals surface area (Å²) in [7, 11) is 0. The standard InChI is InChI=1S/C51H75N11O16/c1-3-31(2)46(49(75)54-35-8-7-33-5-4-6-34-23-37(62(47(33)34)50(35)76)48(74)55-36-24-45(73)78-51(36)77)56-38(63)9-13-52-40(65)27-61(30-44(71)72)41(66)10-14-53-39(64)26-57-15-11-32(12-16-57)25-58-17-19-59(28-42(67)68)21-22-60(20-18-58)29-43(69)70/h4-6,31-32,35-37,46,51,77H,3,7-30H2,1-2H3,(H,52,65)(H,53,64)(H,54,75)(H,55,74)(H,56,63)(H,67,68)(H,69,70)(H,71,72)/t31-,35-,36?,37-,46-,51?/m0/s1. The third kappa shape index (κ3) is 17.6. The number of rotatable bonds is 25. The number of aliphatic hydroxyl groups excluding tert-OH is 1. The van der Waals surface area contributed by atoms with Crippen molar-refractivity contribution in [3.8, 4) is 0 Å². The molecule has 5 aliphatic rings. The first-order valence-corrected chi connectivity index (χ1v) is 26.7. The fraction of sp³-hybridized carbons (Fsp3) is 0.667. The zero-order valence-electron chi connectivity index (χ0n) is 44.3. The van der Waals surface area contributed by atoms with Crippen LogP contribution in [0.3, 0.4) is 0 Å². The molecule has 3 fully saturated rings. The van der Waals surface area contributed by atoms with Crippen molar-refractivity contribution in [2.45, 2.75) is 102 Å². The number of carbonyl (C=O) groups is 11. The number of aliphatic hydroxyl groups is 1. The summed E-state index contributed by atoms with van der Waals surface area (Å²) in [6.07, 6.45) is 0.395. The van der Waals surface area contributed by atoms with Crippen molar-refractivity contribution in [1.29, 1.82) is 0 Å². The van der Waals surface area contributed by atoms with Gasteiger partial charge in [0.1, 0.15) is 37.3 Å². The molecule has 430 valence electrons. The van der Waals surface area contributed by atoms with Gasteiger partial charge in [-0.25, -0.2) is 0 Å². The van der Waals surface area contributed by atoms with E-state index >= 15 is 0 Å². The Morgan fingerprint density at radius 3 is 1.91 bits per heavy atom. The molecule has 0 bridgehead atoms. The van der Waals surface area contributed by atoms with E-state index in [2.05, 4.69) is 31.5 Å². The Morgan fingerprint density at radius 2 is 1.31 bits per heavy atom. The van der Waals surface area contributed by atoms with Gasteiger partial charge < -0.3 is 61.5 Å². The number of nitrogens with one attached hydrogen (secondary N) is 5. The van der Waals surface area contributed by atoms with Crippen LogP contribution in [0, 0.1) is 11.8 Å². The summed E-state index contributed by atoms with van der Waals surface area (Å²) in [5.74, 6) is -8.27. The van der Waals surface area contributed by atoms with E-state index in [0.29, 0.717) is 76.8 Å². The van der Waals surface area contributed by atoms with Gasteiger partial charge in [-0.05, 0) is 61.7 Å². The van der Waals surface area contributed by atoms with Crippen molar-refractivity contribution >= 4 is 70.9 Å². The quantitative estimate of drug-likeness (QED) is 0.0427. The number of cyclic esters (lactones) is 1. The summed E-state index contributed by atoms with van der Waals surface area (Å²) >= 11 is 0. The third-order valence-electron chi connectivity index (χ3n) is 15.0. The maximum atomic E-state index is 14.3. The molecule has 1 aromatic carbocycles. The second-order valence-electron chi connectivity index (χ2n) is 20.8. The molecule has 1 aromatic rings. The molecule has 6 atom stereocenters. The Bertz CT molecular complexity index is 2360. The molecule has 27 nitrogen and oxygen atoms in total. The molecule has 27 heteroatoms. The lowest BCUT2D eigenvalue weighted by atomic mass is 9.96. The summed E-state index contributed by atoms with van der Waals surface area (Å²) < 4.78 is 4.76. The Labute approximate surface area is 451 Å². The number of piperidine rings is 1. The number of aliphatic carboxylic acids is 3. The van der Waals surface area contributed by atoms with Crippen LogP contribution in [0.15, 0.2) is 18.2 Å². The molecule has 0 radical (unpaired) electrons. The second kappa shape index (κ2) is 28.7. The van der Waals surface area contributed by atoms with Gasteiger partial charge in [0, 0.05) is 78.2 Å². The molecule has 2 unspecified atom stereocenters. The van der Waals surface area contributed by atoms with Gasteiger partial charge in [0.05, 0.1) is 31.7 Å². The average molecular weight is 1100 g/mol. The molecule has 78 heavy (non-hydrogen) atoms. The number of aryl methyl sites for hydroxylation is 1. The van der Waals surface area contributed by atoms with Crippen LogP contribution >= 0.6 is 0 Å². The average Bonchev–Trinajstić information content (AvgIpc) is 4.08. The minimum Gasteiger partial charge on any atom is -0.480 e. The number of likely N-dealkylation sites (tertiary alicyclic amines) is 1. The van der Waals surface area contributed by atoms with Gasteiger partial charge >= 0.3 is 23.9 Å². The number of nitrogens with zero attached hydrogens (tertiary/aromatic N) is 6. The lowest BCUT2D eigenvalue weighted by molar-refractivity contribution is -0.155. The topological polar surface area (TPSA) is 358 Å². The van der Waals surface area contributed by atoms with Crippen LogP contribution in [-0.2, 0) is 70.3 Å². The highest BCUT2D eigenvalue weighted by Crippen LogP contribution is 2.39. The van der Waals surface area contributed by atoms with Crippen LogP contribution in [0.2, 0.25) is 0 Å². The van der Waals surface area contributed by atoms with Gasteiger partial charge in [-0.2, -0.15) is 0 Å². The molecular weight excluding hydrogens is 1020 g/mol. The van der Waals surface area contributed by atoms with Crippen LogP contribution in [0.1, 0.15) is 69.9 Å². The smallest absolute Gasteiger partial charge is 0.323 e. The highest BCUT2D eigenvalue weighted by Gasteiger charge is 2.46. The van der Waals surface area contributed by atoms with Crippen LogP contribution in [0.5, 0.6) is 0 Å². The molecule has 9 N–H and O–H groups in total. The Kier molecular flexibility index (Phi) is 22.2. The minimum atomic E-state index is -1.54. The monoisotopic (exact) mass is 1100 g/mol. The molecule has 3 saturated heterocycles. The molecular formula is C51H75N11O16. The van der Waals surface area contributed by atoms with Crippen LogP contribution in [0.25, 0.3) is 0 Å². The number of esters is 1. The van der Waals surface area contributed by atoms with Gasteiger partial charge in [-0.3, -0.25) is 72.3 Å². The van der Waals surface area contributed by atoms with E-state index in [1.807, 2.05) is 33.8 Å². The van der Waals surface area contributed by atoms with Crippen molar-refractivity contribution in [2.24, 2.45) is 11.8 Å². The lowest BCUT2D eigenvalue weighted by Gasteiger charge is -2.35. The highest BCUT2D eigenvalue weighted by molar-refractivity contribution is 6.08. The van der Waals surface area contributed by atoms with Gasteiger partial charge in [0.25, 0.3) is 0 Å². The van der Waals surface area contributed by atoms with Crippen molar-refractivity contribution in [3.63, 3.8) is 0 Å². The van der Waals surface area contributed by atoms with Gasteiger partial charge in [-0.15, -0.1) is 0 Å². The first-order valence-electron chi connectivity index (χ1n) is 26.7. The molecule has 0 spiro atoms. The number of amides is 7. The van der Waals surface area contributed by atoms with Crippen molar-refractivity contribution in [2.75, 3.05) is 110 Å². The number of hydrogen-bond donors (Lipinski definition) is 9. The Morgan fingerprint density at radius 1 is 0.705 bits per heavy atom. The highest BCUT2D eigenvalue weighted by atomic mass is 16.6. The van der Waals surface area contributed by atoms with Crippen LogP contribution < -0.4 is 31.5 Å². The number of benzene rings is 1. The van der Waals surface area contributed by atoms with Crippen molar-refractivity contribution in [1.82, 2.24) is 51.1 Å².